The Morgan fingerprint density at radius 3 is 1.46 bits per heavy atom. The predicted octanol–water partition coefficient (Wildman–Crippen LogP) is 12.2. The summed E-state index contributed by atoms with van der Waals surface area (Å²) in [4.78, 5) is 25.8. The van der Waals surface area contributed by atoms with Crippen LogP contribution in [0, 0.1) is 0 Å². The van der Waals surface area contributed by atoms with Gasteiger partial charge < -0.3 is 20.3 Å². The second-order valence-electron chi connectivity index (χ2n) is 15.1. The molecule has 6 nitrogen and oxygen atoms in total. The summed E-state index contributed by atoms with van der Waals surface area (Å²) >= 11 is 0. The quantitative estimate of drug-likeness (QED) is 0.0336. The third-order valence-electron chi connectivity index (χ3n) is 10.1. The standard InChI is InChI=1S/C44H85NO5/c1-4-7-10-13-16-19-22-23-26-29-32-35-40(50-44(49)37-34-31-28-25-21-18-15-12-9-6-3)38-43(48)45-41(39-46)42(47)36-33-30-27-24-20-17-14-11-8-5-2/h23,26,40-42,46-47H,4-22,24-25,27-39H2,1-3H3,(H,45,48)/b26-23-. The SMILES string of the molecule is CCCCCCCC/C=C\CCCC(CC(=O)NC(CO)C(O)CCCCCCCCCCCC)OC(=O)CCCCCCCCCCCC. The largest absolute Gasteiger partial charge is 0.462 e. The summed E-state index contributed by atoms with van der Waals surface area (Å²) in [6.45, 7) is 6.43. The first-order valence-electron chi connectivity index (χ1n) is 21.9. The number of ether oxygens (including phenoxy) is 1. The van der Waals surface area contributed by atoms with Crippen molar-refractivity contribution in [3.05, 3.63) is 12.2 Å². The van der Waals surface area contributed by atoms with E-state index in [1.807, 2.05) is 0 Å². The molecule has 3 N–H and O–H groups in total. The lowest BCUT2D eigenvalue weighted by Gasteiger charge is -2.24. The Labute approximate surface area is 310 Å². The molecule has 0 aromatic rings. The Morgan fingerprint density at radius 1 is 0.560 bits per heavy atom. The number of allylic oxidation sites excluding steroid dienone is 2. The Hall–Kier alpha value is -1.40. The summed E-state index contributed by atoms with van der Waals surface area (Å²) in [5, 5.41) is 23.5. The number of esters is 1. The van der Waals surface area contributed by atoms with Gasteiger partial charge in [-0.3, -0.25) is 9.59 Å². The van der Waals surface area contributed by atoms with Crippen LogP contribution in [0.2, 0.25) is 0 Å². The molecule has 6 heteroatoms. The number of rotatable bonds is 39. The van der Waals surface area contributed by atoms with Crippen LogP contribution < -0.4 is 5.32 Å². The molecule has 3 unspecified atom stereocenters. The first-order chi connectivity index (χ1) is 24.5. The van der Waals surface area contributed by atoms with E-state index >= 15 is 0 Å². The van der Waals surface area contributed by atoms with Gasteiger partial charge in [0.2, 0.25) is 5.91 Å². The first kappa shape index (κ1) is 48.6. The van der Waals surface area contributed by atoms with E-state index in [2.05, 4.69) is 38.2 Å². The zero-order valence-corrected chi connectivity index (χ0v) is 33.5. The molecule has 0 aromatic carbocycles. The molecule has 0 aliphatic rings. The second kappa shape index (κ2) is 38.8. The minimum atomic E-state index is -0.785. The second-order valence-corrected chi connectivity index (χ2v) is 15.1. The lowest BCUT2D eigenvalue weighted by Crippen LogP contribution is -2.46. The third kappa shape index (κ3) is 33.7. The molecular formula is C44H85NO5. The van der Waals surface area contributed by atoms with E-state index in [0.29, 0.717) is 19.3 Å². The number of nitrogens with one attached hydrogen (secondary N) is 1. The number of hydrogen-bond acceptors (Lipinski definition) is 5. The van der Waals surface area contributed by atoms with Gasteiger partial charge in [0, 0.05) is 6.42 Å². The van der Waals surface area contributed by atoms with Crippen LogP contribution >= 0.6 is 0 Å². The maximum absolute atomic E-state index is 13.1. The van der Waals surface area contributed by atoms with Crippen molar-refractivity contribution in [2.45, 2.75) is 251 Å². The molecule has 0 aliphatic heterocycles. The van der Waals surface area contributed by atoms with Crippen molar-refractivity contribution >= 4 is 11.9 Å². The molecular weight excluding hydrogens is 622 g/mol. The number of amides is 1. The fraction of sp³-hybridized carbons (Fsp3) is 0.909. The Bertz CT molecular complexity index is 757. The molecule has 296 valence electrons. The summed E-state index contributed by atoms with van der Waals surface area (Å²) in [6, 6.07) is -0.700. The van der Waals surface area contributed by atoms with E-state index in [4.69, 9.17) is 4.74 Å². The van der Waals surface area contributed by atoms with Crippen molar-refractivity contribution < 1.29 is 24.5 Å². The zero-order chi connectivity index (χ0) is 36.8. The highest BCUT2D eigenvalue weighted by atomic mass is 16.5. The van der Waals surface area contributed by atoms with Crippen LogP contribution in [-0.4, -0.2) is 46.9 Å². The molecule has 0 saturated heterocycles. The lowest BCUT2D eigenvalue weighted by molar-refractivity contribution is -0.151. The van der Waals surface area contributed by atoms with E-state index < -0.39 is 18.2 Å². The van der Waals surface area contributed by atoms with Crippen LogP contribution in [-0.2, 0) is 14.3 Å². The highest BCUT2D eigenvalue weighted by Crippen LogP contribution is 2.17. The molecule has 3 atom stereocenters. The summed E-state index contributed by atoms with van der Waals surface area (Å²) in [6.07, 6.45) is 39.9. The van der Waals surface area contributed by atoms with Gasteiger partial charge in [0.1, 0.15) is 6.10 Å². The molecule has 1 amide bonds. The Kier molecular flexibility index (Phi) is 37.7. The minimum Gasteiger partial charge on any atom is -0.462 e. The van der Waals surface area contributed by atoms with Crippen molar-refractivity contribution in [3.8, 4) is 0 Å². The van der Waals surface area contributed by atoms with Crippen LogP contribution in [0.15, 0.2) is 12.2 Å². The normalized spacial score (nSPS) is 13.5. The third-order valence-corrected chi connectivity index (χ3v) is 10.1. The number of aliphatic hydroxyl groups excluding tert-OH is 2. The summed E-state index contributed by atoms with van der Waals surface area (Å²) in [7, 11) is 0. The fourth-order valence-corrected chi connectivity index (χ4v) is 6.72. The number of carbonyl (C=O) groups excluding carboxylic acids is 2. The molecule has 0 aromatic heterocycles. The van der Waals surface area contributed by atoms with Gasteiger partial charge in [0.05, 0.1) is 25.2 Å². The molecule has 0 radical (unpaired) electrons. The topological polar surface area (TPSA) is 95.9 Å². The summed E-state index contributed by atoms with van der Waals surface area (Å²) < 4.78 is 5.86. The van der Waals surface area contributed by atoms with Gasteiger partial charge in [0.15, 0.2) is 0 Å². The molecule has 50 heavy (non-hydrogen) atoms. The summed E-state index contributed by atoms with van der Waals surface area (Å²) in [5.74, 6) is -0.498. The first-order valence-corrected chi connectivity index (χ1v) is 21.9. The molecule has 0 fully saturated rings. The number of unbranched alkanes of at least 4 members (excludes halogenated alkanes) is 25. The molecule has 0 aliphatic carbocycles. The van der Waals surface area contributed by atoms with E-state index in [9.17, 15) is 19.8 Å². The zero-order valence-electron chi connectivity index (χ0n) is 33.5. The van der Waals surface area contributed by atoms with Crippen LogP contribution in [0.1, 0.15) is 233 Å². The van der Waals surface area contributed by atoms with Crippen molar-refractivity contribution in [1.82, 2.24) is 5.32 Å². The van der Waals surface area contributed by atoms with Crippen molar-refractivity contribution in [3.63, 3.8) is 0 Å². The van der Waals surface area contributed by atoms with Crippen molar-refractivity contribution in [1.29, 1.82) is 0 Å². The molecule has 0 heterocycles. The molecule has 0 bridgehead atoms. The summed E-state index contributed by atoms with van der Waals surface area (Å²) in [5.41, 5.74) is 0. The van der Waals surface area contributed by atoms with E-state index in [-0.39, 0.29) is 24.9 Å². The van der Waals surface area contributed by atoms with Gasteiger partial charge in [0.25, 0.3) is 0 Å². The maximum atomic E-state index is 13.1. The van der Waals surface area contributed by atoms with Crippen LogP contribution in [0.3, 0.4) is 0 Å². The van der Waals surface area contributed by atoms with E-state index in [0.717, 1.165) is 57.8 Å². The van der Waals surface area contributed by atoms with E-state index in [1.165, 1.54) is 128 Å². The monoisotopic (exact) mass is 708 g/mol. The average molecular weight is 708 g/mol. The number of hydrogen-bond donors (Lipinski definition) is 3. The highest BCUT2D eigenvalue weighted by Gasteiger charge is 2.24. The van der Waals surface area contributed by atoms with Crippen LogP contribution in [0.25, 0.3) is 0 Å². The Morgan fingerprint density at radius 2 is 0.980 bits per heavy atom. The molecule has 0 spiro atoms. The van der Waals surface area contributed by atoms with Gasteiger partial charge >= 0.3 is 5.97 Å². The van der Waals surface area contributed by atoms with Gasteiger partial charge in [-0.05, 0) is 44.9 Å². The lowest BCUT2D eigenvalue weighted by atomic mass is 10.0. The highest BCUT2D eigenvalue weighted by molar-refractivity contribution is 5.77. The van der Waals surface area contributed by atoms with Gasteiger partial charge in [-0.25, -0.2) is 0 Å². The molecule has 0 rings (SSSR count). The van der Waals surface area contributed by atoms with Crippen LogP contribution in [0.5, 0.6) is 0 Å². The predicted molar refractivity (Wildman–Crippen MR) is 213 cm³/mol. The molecule has 0 saturated carbocycles. The van der Waals surface area contributed by atoms with Crippen molar-refractivity contribution in [2.24, 2.45) is 0 Å². The van der Waals surface area contributed by atoms with Crippen molar-refractivity contribution in [2.75, 3.05) is 6.61 Å². The van der Waals surface area contributed by atoms with Gasteiger partial charge in [-0.2, -0.15) is 0 Å². The fourth-order valence-electron chi connectivity index (χ4n) is 6.72. The Balaban J connectivity index is 4.61. The number of aliphatic hydroxyl groups is 2. The maximum Gasteiger partial charge on any atom is 0.306 e. The van der Waals surface area contributed by atoms with E-state index in [1.54, 1.807) is 0 Å². The van der Waals surface area contributed by atoms with Crippen LogP contribution in [0.4, 0.5) is 0 Å². The number of carbonyl (C=O) groups is 2. The smallest absolute Gasteiger partial charge is 0.306 e. The minimum absolute atomic E-state index is 0.0622. The van der Waals surface area contributed by atoms with Gasteiger partial charge in [-0.1, -0.05) is 187 Å². The average Bonchev–Trinajstić information content (AvgIpc) is 3.10. The van der Waals surface area contributed by atoms with Gasteiger partial charge in [-0.15, -0.1) is 0 Å².